The summed E-state index contributed by atoms with van der Waals surface area (Å²) >= 11 is 6.05. The van der Waals surface area contributed by atoms with Gasteiger partial charge in [0.25, 0.3) is 0 Å². The van der Waals surface area contributed by atoms with Gasteiger partial charge in [0.1, 0.15) is 0 Å². The van der Waals surface area contributed by atoms with Crippen molar-refractivity contribution in [3.05, 3.63) is 64.2 Å². The lowest BCUT2D eigenvalue weighted by Gasteiger charge is -2.39. The fourth-order valence-electron chi connectivity index (χ4n) is 5.86. The first-order chi connectivity index (χ1) is 20.3. The molecule has 1 N–H and O–H groups in total. The number of hydrogen-bond acceptors (Lipinski definition) is 5. The van der Waals surface area contributed by atoms with Crippen molar-refractivity contribution in [3.63, 3.8) is 0 Å². The van der Waals surface area contributed by atoms with Crippen molar-refractivity contribution in [3.8, 4) is 0 Å². The van der Waals surface area contributed by atoms with E-state index in [0.29, 0.717) is 68.6 Å². The van der Waals surface area contributed by atoms with Crippen molar-refractivity contribution in [2.75, 3.05) is 64.9 Å². The van der Waals surface area contributed by atoms with E-state index in [1.54, 1.807) is 0 Å². The Labute approximate surface area is 257 Å². The molecule has 2 saturated heterocycles. The maximum Gasteiger partial charge on any atom is 0.416 e. The first kappa shape index (κ1) is 33.1. The van der Waals surface area contributed by atoms with Gasteiger partial charge in [-0.3, -0.25) is 9.59 Å². The molecule has 2 aliphatic heterocycles. The average molecular weight is 623 g/mol. The summed E-state index contributed by atoms with van der Waals surface area (Å²) in [5.41, 5.74) is 1.37. The molecular formula is C32H42ClF3N4O3. The van der Waals surface area contributed by atoms with Gasteiger partial charge in [-0.25, -0.2) is 0 Å². The van der Waals surface area contributed by atoms with Crippen LogP contribution in [-0.4, -0.2) is 81.6 Å². The molecule has 2 fully saturated rings. The van der Waals surface area contributed by atoms with Crippen LogP contribution >= 0.6 is 11.6 Å². The zero-order chi connectivity index (χ0) is 31.3. The van der Waals surface area contributed by atoms with Crippen LogP contribution in [0.25, 0.3) is 0 Å². The SMILES string of the molecule is CC(C)C[C@H](NC(=O)CCN(C)C)c1cc(C(F)(F)F)ccc1N1CCN(C(=O)C2COCC2c2ccc(Cl)cc2)CC1. The van der Waals surface area contributed by atoms with E-state index < -0.39 is 17.8 Å². The van der Waals surface area contributed by atoms with Gasteiger partial charge >= 0.3 is 6.18 Å². The van der Waals surface area contributed by atoms with E-state index in [0.717, 1.165) is 11.6 Å². The largest absolute Gasteiger partial charge is 0.416 e. The van der Waals surface area contributed by atoms with Crippen LogP contribution in [0.5, 0.6) is 0 Å². The van der Waals surface area contributed by atoms with Crippen molar-refractivity contribution >= 4 is 29.1 Å². The van der Waals surface area contributed by atoms with Gasteiger partial charge in [-0.1, -0.05) is 37.6 Å². The highest BCUT2D eigenvalue weighted by Gasteiger charge is 2.39. The van der Waals surface area contributed by atoms with E-state index >= 15 is 0 Å². The molecule has 0 bridgehead atoms. The minimum absolute atomic E-state index is 0.0237. The Morgan fingerprint density at radius 2 is 1.72 bits per heavy atom. The van der Waals surface area contributed by atoms with Crippen molar-refractivity contribution in [2.45, 2.75) is 44.8 Å². The number of benzene rings is 2. The van der Waals surface area contributed by atoms with Gasteiger partial charge in [-0.15, -0.1) is 0 Å². The van der Waals surface area contributed by atoms with E-state index in [2.05, 4.69) is 5.32 Å². The van der Waals surface area contributed by atoms with E-state index in [-0.39, 0.29) is 36.0 Å². The van der Waals surface area contributed by atoms with Gasteiger partial charge in [0, 0.05) is 55.8 Å². The number of carbonyl (C=O) groups is 2. The minimum Gasteiger partial charge on any atom is -0.380 e. The summed E-state index contributed by atoms with van der Waals surface area (Å²) in [6.45, 7) is 7.13. The normalized spacial score (nSPS) is 20.1. The highest BCUT2D eigenvalue weighted by atomic mass is 35.5. The van der Waals surface area contributed by atoms with Crippen molar-refractivity contribution < 1.29 is 27.5 Å². The van der Waals surface area contributed by atoms with Crippen LogP contribution < -0.4 is 10.2 Å². The van der Waals surface area contributed by atoms with E-state index in [1.807, 2.05) is 66.9 Å². The number of amides is 2. The van der Waals surface area contributed by atoms with Gasteiger partial charge in [0.2, 0.25) is 11.8 Å². The second kappa shape index (κ2) is 14.3. The quantitative estimate of drug-likeness (QED) is 0.374. The second-order valence-corrected chi connectivity index (χ2v) is 12.6. The molecule has 0 saturated carbocycles. The lowest BCUT2D eigenvalue weighted by Crippen LogP contribution is -2.51. The summed E-state index contributed by atoms with van der Waals surface area (Å²) in [6, 6.07) is 10.7. The monoisotopic (exact) mass is 622 g/mol. The van der Waals surface area contributed by atoms with Gasteiger partial charge in [-0.2, -0.15) is 13.2 Å². The predicted molar refractivity (Wildman–Crippen MR) is 162 cm³/mol. The lowest BCUT2D eigenvalue weighted by atomic mass is 9.88. The molecule has 2 aromatic carbocycles. The number of ether oxygens (including phenoxy) is 1. The molecule has 3 atom stereocenters. The molecule has 0 radical (unpaired) electrons. The third-order valence-electron chi connectivity index (χ3n) is 8.19. The Balaban J connectivity index is 1.53. The smallest absolute Gasteiger partial charge is 0.380 e. The van der Waals surface area contributed by atoms with Crippen LogP contribution in [0, 0.1) is 11.8 Å². The Kier molecular flexibility index (Phi) is 11.0. The minimum atomic E-state index is -4.51. The zero-order valence-corrected chi connectivity index (χ0v) is 26.0. The number of rotatable bonds is 10. The molecule has 0 aromatic heterocycles. The van der Waals surface area contributed by atoms with Crippen LogP contribution in [0.15, 0.2) is 42.5 Å². The van der Waals surface area contributed by atoms with Gasteiger partial charge < -0.3 is 24.8 Å². The molecule has 11 heteroatoms. The Morgan fingerprint density at radius 3 is 2.33 bits per heavy atom. The molecule has 2 amide bonds. The molecule has 2 aliphatic rings. The number of halogens is 4. The third-order valence-corrected chi connectivity index (χ3v) is 8.44. The number of nitrogens with zero attached hydrogens (tertiary/aromatic N) is 3. The zero-order valence-electron chi connectivity index (χ0n) is 25.3. The summed E-state index contributed by atoms with van der Waals surface area (Å²) in [5.74, 6) is -0.402. The number of piperazine rings is 1. The maximum atomic E-state index is 13.8. The van der Waals surface area contributed by atoms with Crippen LogP contribution in [0.2, 0.25) is 5.02 Å². The maximum absolute atomic E-state index is 13.8. The van der Waals surface area contributed by atoms with Gasteiger partial charge in [-0.05, 0) is 67.9 Å². The summed E-state index contributed by atoms with van der Waals surface area (Å²) in [6.07, 6.45) is -3.77. The van der Waals surface area contributed by atoms with E-state index in [4.69, 9.17) is 16.3 Å². The first-order valence-electron chi connectivity index (χ1n) is 14.9. The van der Waals surface area contributed by atoms with Crippen molar-refractivity contribution in [1.82, 2.24) is 15.1 Å². The molecule has 43 heavy (non-hydrogen) atoms. The number of carbonyl (C=O) groups excluding carboxylic acids is 2. The van der Waals surface area contributed by atoms with E-state index in [1.165, 1.54) is 12.1 Å². The predicted octanol–water partition coefficient (Wildman–Crippen LogP) is 5.59. The third kappa shape index (κ3) is 8.64. The highest BCUT2D eigenvalue weighted by Crippen LogP contribution is 2.38. The van der Waals surface area contributed by atoms with Crippen LogP contribution in [0.4, 0.5) is 18.9 Å². The second-order valence-electron chi connectivity index (χ2n) is 12.2. The Morgan fingerprint density at radius 1 is 1.05 bits per heavy atom. The average Bonchev–Trinajstić information content (AvgIpc) is 3.45. The number of alkyl halides is 3. The number of anilines is 1. The lowest BCUT2D eigenvalue weighted by molar-refractivity contribution is -0.138. The molecule has 236 valence electrons. The number of nitrogens with one attached hydrogen (secondary N) is 1. The fourth-order valence-corrected chi connectivity index (χ4v) is 5.99. The molecule has 7 nitrogen and oxygen atoms in total. The summed E-state index contributed by atoms with van der Waals surface area (Å²) < 4.78 is 47.2. The summed E-state index contributed by atoms with van der Waals surface area (Å²) in [5, 5.41) is 3.65. The van der Waals surface area contributed by atoms with Crippen molar-refractivity contribution in [2.24, 2.45) is 11.8 Å². The molecule has 2 unspecified atom stereocenters. The standard InChI is InChI=1S/C32H42ClF3N4O3/c1-21(2)17-28(37-30(41)11-12-38(3)4)25-18-23(32(34,35)36)7-10-29(25)39-13-15-40(16-14-39)31(42)27-20-43-19-26(27)22-5-8-24(33)9-6-22/h5-10,18,21,26-28H,11-17,19-20H2,1-4H3,(H,37,41)/t26?,27?,28-/m0/s1. The molecule has 2 heterocycles. The molecule has 4 rings (SSSR count). The summed E-state index contributed by atoms with van der Waals surface area (Å²) in [4.78, 5) is 32.2. The van der Waals surface area contributed by atoms with Gasteiger partial charge in [0.15, 0.2) is 0 Å². The number of hydrogen-bond donors (Lipinski definition) is 1. The summed E-state index contributed by atoms with van der Waals surface area (Å²) in [7, 11) is 3.73. The molecule has 2 aromatic rings. The molecule has 0 spiro atoms. The Hall–Kier alpha value is -2.82. The topological polar surface area (TPSA) is 65.1 Å². The molecule has 0 aliphatic carbocycles. The van der Waals surface area contributed by atoms with Crippen LogP contribution in [0.3, 0.4) is 0 Å². The van der Waals surface area contributed by atoms with Crippen LogP contribution in [0.1, 0.15) is 55.3 Å². The van der Waals surface area contributed by atoms with E-state index in [9.17, 15) is 22.8 Å². The van der Waals surface area contributed by atoms with Gasteiger partial charge in [0.05, 0.1) is 30.7 Å². The fraction of sp³-hybridized carbons (Fsp3) is 0.562. The van der Waals surface area contributed by atoms with Crippen LogP contribution in [-0.2, 0) is 20.5 Å². The Bertz CT molecular complexity index is 1250. The van der Waals surface area contributed by atoms with Crippen molar-refractivity contribution in [1.29, 1.82) is 0 Å². The highest BCUT2D eigenvalue weighted by molar-refractivity contribution is 6.30. The first-order valence-corrected chi connectivity index (χ1v) is 15.2. The molecular weight excluding hydrogens is 581 g/mol.